The maximum atomic E-state index is 2.38. The van der Waals surface area contributed by atoms with Crippen LogP contribution in [-0.4, -0.2) is 0 Å². The summed E-state index contributed by atoms with van der Waals surface area (Å²) in [6.45, 7) is 0. The van der Waals surface area contributed by atoms with Crippen molar-refractivity contribution in [2.24, 2.45) is 0 Å². The van der Waals surface area contributed by atoms with E-state index in [1.807, 2.05) is 0 Å². The summed E-state index contributed by atoms with van der Waals surface area (Å²) in [5.74, 6) is 0. The lowest BCUT2D eigenvalue weighted by Gasteiger charge is -2.30. The standard InChI is InChI=1S/C59H39N/c1-3-19-45(20-4-1)60(46-21-5-2-6-22-46)47-36-35-40-33-34-42(38-44(40)39-47)41-17-15-18-43(37-41)48-23-7-8-24-49(48)52-28-16-32-57-58(52)53-27-11-14-31-56(53)59(57)54-29-12-9-25-50(54)51-26-10-13-30-55(51)59/h1-39H. The fraction of sp³-hybridized carbons (Fsp3) is 0.0169. The molecule has 0 heterocycles. The molecule has 1 spiro atoms. The summed E-state index contributed by atoms with van der Waals surface area (Å²) < 4.78 is 0. The Bertz CT molecular complexity index is 3180. The maximum absolute atomic E-state index is 2.38. The van der Waals surface area contributed by atoms with Crippen molar-refractivity contribution in [2.75, 3.05) is 4.90 Å². The summed E-state index contributed by atoms with van der Waals surface area (Å²) in [4.78, 5) is 2.33. The Kier molecular flexibility index (Phi) is 7.83. The fourth-order valence-corrected chi connectivity index (χ4v) is 10.4. The van der Waals surface area contributed by atoms with Crippen LogP contribution in [0.3, 0.4) is 0 Å². The molecule has 0 aromatic heterocycles. The third-order valence-electron chi connectivity index (χ3n) is 12.9. The summed E-state index contributed by atoms with van der Waals surface area (Å²) in [6, 6.07) is 87.1. The van der Waals surface area contributed by atoms with E-state index in [0.29, 0.717) is 0 Å². The van der Waals surface area contributed by atoms with E-state index in [4.69, 9.17) is 0 Å². The molecule has 1 nitrogen and oxygen atoms in total. The number of benzene rings is 10. The van der Waals surface area contributed by atoms with Gasteiger partial charge in [0.1, 0.15) is 0 Å². The number of para-hydroxylation sites is 2. The number of hydrogen-bond acceptors (Lipinski definition) is 1. The van der Waals surface area contributed by atoms with Crippen molar-refractivity contribution in [1.29, 1.82) is 0 Å². The van der Waals surface area contributed by atoms with Crippen LogP contribution in [0.25, 0.3) is 66.4 Å². The topological polar surface area (TPSA) is 3.24 Å². The molecule has 10 aromatic carbocycles. The molecule has 0 N–H and O–H groups in total. The first-order chi connectivity index (χ1) is 29.8. The molecule has 0 fully saturated rings. The van der Waals surface area contributed by atoms with Gasteiger partial charge in [-0.2, -0.15) is 0 Å². The molecule has 2 aliphatic carbocycles. The largest absolute Gasteiger partial charge is 0.310 e. The second-order valence-corrected chi connectivity index (χ2v) is 16.0. The van der Waals surface area contributed by atoms with Crippen molar-refractivity contribution in [3.05, 3.63) is 259 Å². The number of hydrogen-bond donors (Lipinski definition) is 0. The summed E-state index contributed by atoms with van der Waals surface area (Å²) in [5.41, 5.74) is 21.1. The lowest BCUT2D eigenvalue weighted by molar-refractivity contribution is 0.794. The monoisotopic (exact) mass is 761 g/mol. The minimum absolute atomic E-state index is 0.376. The Morgan fingerprint density at radius 2 is 0.733 bits per heavy atom. The number of rotatable bonds is 6. The van der Waals surface area contributed by atoms with Gasteiger partial charge in [0.2, 0.25) is 0 Å². The summed E-state index contributed by atoms with van der Waals surface area (Å²) in [5, 5.41) is 2.42. The van der Waals surface area contributed by atoms with Crippen LogP contribution in [0.5, 0.6) is 0 Å². The Labute approximate surface area is 351 Å². The molecule has 10 aromatic rings. The van der Waals surface area contributed by atoms with Crippen molar-refractivity contribution in [1.82, 2.24) is 0 Å². The van der Waals surface area contributed by atoms with E-state index >= 15 is 0 Å². The predicted octanol–water partition coefficient (Wildman–Crippen LogP) is 15.7. The van der Waals surface area contributed by atoms with Gasteiger partial charge in [0.05, 0.1) is 5.41 Å². The van der Waals surface area contributed by atoms with E-state index in [0.717, 1.165) is 17.1 Å². The quantitative estimate of drug-likeness (QED) is 0.163. The SMILES string of the molecule is c1ccc(N(c2ccccc2)c2ccc3ccc(-c4cccc(-c5ccccc5-c5cccc6c5-c5ccccc5C65c6ccccc6-c6ccccc65)c4)cc3c2)cc1. The van der Waals surface area contributed by atoms with Crippen LogP contribution in [-0.2, 0) is 5.41 Å². The van der Waals surface area contributed by atoms with Crippen LogP contribution in [0.1, 0.15) is 22.3 Å². The minimum atomic E-state index is -0.376. The molecule has 0 unspecified atom stereocenters. The van der Waals surface area contributed by atoms with Crippen LogP contribution in [0.2, 0.25) is 0 Å². The van der Waals surface area contributed by atoms with Crippen molar-refractivity contribution in [3.63, 3.8) is 0 Å². The number of fused-ring (bicyclic) bond motifs is 11. The lowest BCUT2D eigenvalue weighted by Crippen LogP contribution is -2.25. The minimum Gasteiger partial charge on any atom is -0.310 e. The third kappa shape index (κ3) is 5.13. The highest BCUT2D eigenvalue weighted by atomic mass is 15.1. The van der Waals surface area contributed by atoms with Gasteiger partial charge in [-0.05, 0) is 137 Å². The molecule has 0 radical (unpaired) electrons. The van der Waals surface area contributed by atoms with Crippen LogP contribution in [0.15, 0.2) is 237 Å². The van der Waals surface area contributed by atoms with Crippen molar-refractivity contribution in [3.8, 4) is 55.6 Å². The zero-order valence-electron chi connectivity index (χ0n) is 33.0. The Morgan fingerprint density at radius 3 is 1.42 bits per heavy atom. The van der Waals surface area contributed by atoms with Crippen molar-refractivity contribution in [2.45, 2.75) is 5.41 Å². The second kappa shape index (κ2) is 13.7. The average Bonchev–Trinajstić information content (AvgIpc) is 3.80. The van der Waals surface area contributed by atoms with E-state index in [-0.39, 0.29) is 5.41 Å². The van der Waals surface area contributed by atoms with Gasteiger partial charge >= 0.3 is 0 Å². The van der Waals surface area contributed by atoms with Crippen molar-refractivity contribution < 1.29 is 0 Å². The van der Waals surface area contributed by atoms with E-state index in [9.17, 15) is 0 Å². The van der Waals surface area contributed by atoms with Crippen LogP contribution >= 0.6 is 0 Å². The van der Waals surface area contributed by atoms with E-state index in [1.54, 1.807) is 0 Å². The molecule has 0 saturated heterocycles. The number of anilines is 3. The van der Waals surface area contributed by atoms with Gasteiger partial charge in [0.15, 0.2) is 0 Å². The molecule has 2 aliphatic rings. The zero-order chi connectivity index (χ0) is 39.6. The molecule has 0 atom stereocenters. The molecular weight excluding hydrogens is 723 g/mol. The first kappa shape index (κ1) is 34.3. The van der Waals surface area contributed by atoms with Gasteiger partial charge in [-0.3, -0.25) is 0 Å². The lowest BCUT2D eigenvalue weighted by atomic mass is 9.70. The molecule has 1 heteroatoms. The average molecular weight is 762 g/mol. The van der Waals surface area contributed by atoms with Gasteiger partial charge in [0, 0.05) is 17.1 Å². The fourth-order valence-electron chi connectivity index (χ4n) is 10.4. The van der Waals surface area contributed by atoms with Crippen LogP contribution < -0.4 is 4.90 Å². The van der Waals surface area contributed by atoms with Crippen molar-refractivity contribution >= 4 is 27.8 Å². The highest BCUT2D eigenvalue weighted by molar-refractivity contribution is 6.02. The molecular formula is C59H39N. The van der Waals surface area contributed by atoms with Crippen LogP contribution in [0.4, 0.5) is 17.1 Å². The summed E-state index contributed by atoms with van der Waals surface area (Å²) in [6.07, 6.45) is 0. The highest BCUT2D eigenvalue weighted by Gasteiger charge is 2.52. The summed E-state index contributed by atoms with van der Waals surface area (Å²) in [7, 11) is 0. The molecule has 60 heavy (non-hydrogen) atoms. The first-order valence-corrected chi connectivity index (χ1v) is 20.8. The molecule has 280 valence electrons. The van der Waals surface area contributed by atoms with E-state index in [1.165, 1.54) is 88.7 Å². The Balaban J connectivity index is 0.980. The van der Waals surface area contributed by atoms with Gasteiger partial charge in [-0.15, -0.1) is 0 Å². The normalized spacial score (nSPS) is 12.8. The molecule has 0 amide bonds. The predicted molar refractivity (Wildman–Crippen MR) is 251 cm³/mol. The highest BCUT2D eigenvalue weighted by Crippen LogP contribution is 2.64. The van der Waals surface area contributed by atoms with Gasteiger partial charge < -0.3 is 4.90 Å². The van der Waals surface area contributed by atoms with Gasteiger partial charge in [0.25, 0.3) is 0 Å². The van der Waals surface area contributed by atoms with Crippen LogP contribution in [0, 0.1) is 0 Å². The first-order valence-electron chi connectivity index (χ1n) is 20.8. The molecule has 0 bridgehead atoms. The third-order valence-corrected chi connectivity index (χ3v) is 12.9. The zero-order valence-corrected chi connectivity index (χ0v) is 33.0. The molecule has 12 rings (SSSR count). The van der Waals surface area contributed by atoms with E-state index < -0.39 is 0 Å². The number of nitrogens with zero attached hydrogens (tertiary/aromatic N) is 1. The second-order valence-electron chi connectivity index (χ2n) is 16.0. The molecule has 0 saturated carbocycles. The van der Waals surface area contributed by atoms with Gasteiger partial charge in [-0.25, -0.2) is 0 Å². The van der Waals surface area contributed by atoms with E-state index in [2.05, 4.69) is 241 Å². The Hall–Kier alpha value is -7.74. The Morgan fingerprint density at radius 1 is 0.250 bits per heavy atom. The maximum Gasteiger partial charge on any atom is 0.0725 e. The smallest absolute Gasteiger partial charge is 0.0725 e. The van der Waals surface area contributed by atoms with Gasteiger partial charge in [-0.1, -0.05) is 188 Å². The molecule has 0 aliphatic heterocycles. The summed E-state index contributed by atoms with van der Waals surface area (Å²) >= 11 is 0.